The quantitative estimate of drug-likeness (QED) is 0.689. The van der Waals surface area contributed by atoms with Crippen LogP contribution >= 0.6 is 11.3 Å². The molecule has 2 atom stereocenters. The molecule has 5 fully saturated rings. The molecule has 6 rings (SSSR count). The van der Waals surface area contributed by atoms with Crippen LogP contribution in [0.5, 0.6) is 0 Å². The zero-order chi connectivity index (χ0) is 23.2. The first-order valence-corrected chi connectivity index (χ1v) is 13.5. The van der Waals surface area contributed by atoms with E-state index in [2.05, 4.69) is 16.3 Å². The van der Waals surface area contributed by atoms with Crippen molar-refractivity contribution in [2.24, 2.45) is 29.1 Å². The smallest absolute Gasteiger partial charge is 0.245 e. The summed E-state index contributed by atoms with van der Waals surface area (Å²) >= 11 is 1.60. The van der Waals surface area contributed by atoms with Crippen LogP contribution in [0.25, 0.3) is 0 Å². The fourth-order valence-electron chi connectivity index (χ4n) is 7.37. The van der Waals surface area contributed by atoms with Crippen molar-refractivity contribution in [3.8, 4) is 6.07 Å². The van der Waals surface area contributed by atoms with Gasteiger partial charge < -0.3 is 10.2 Å². The zero-order valence-electron chi connectivity index (χ0n) is 19.8. The van der Waals surface area contributed by atoms with Crippen LogP contribution in [0.4, 0.5) is 0 Å². The standard InChI is InChI=1S/C26H36N4O2S/c1-17(2)23(28-25(32)26-13-18-10-19(14-26)12-20(11-18)15-26)24(31)30-7-5-29(6-8-30)21(16-27)22-4-3-9-33-22/h3-4,9,17-21,23H,5-8,10-15H2,1-2H3,(H,28,32)/t18?,19?,20?,21-,23-,26?/m0/s1. The van der Waals surface area contributed by atoms with Gasteiger partial charge in [0, 0.05) is 36.5 Å². The highest BCUT2D eigenvalue weighted by molar-refractivity contribution is 7.10. The maximum atomic E-state index is 13.6. The van der Waals surface area contributed by atoms with Crippen molar-refractivity contribution in [1.82, 2.24) is 15.1 Å². The maximum Gasteiger partial charge on any atom is 0.245 e. The van der Waals surface area contributed by atoms with Gasteiger partial charge in [-0.15, -0.1) is 11.3 Å². The highest BCUT2D eigenvalue weighted by Gasteiger charge is 2.55. The average molecular weight is 469 g/mol. The normalized spacial score (nSPS) is 33.0. The van der Waals surface area contributed by atoms with E-state index in [0.717, 1.165) is 24.1 Å². The van der Waals surface area contributed by atoms with Gasteiger partial charge in [0.1, 0.15) is 12.1 Å². The number of carbonyl (C=O) groups is 2. The molecule has 6 nitrogen and oxygen atoms in total. The summed E-state index contributed by atoms with van der Waals surface area (Å²) < 4.78 is 0. The van der Waals surface area contributed by atoms with Crippen molar-refractivity contribution in [1.29, 1.82) is 5.26 Å². The summed E-state index contributed by atoms with van der Waals surface area (Å²) in [6, 6.07) is 5.68. The number of hydrogen-bond donors (Lipinski definition) is 1. The molecular weight excluding hydrogens is 432 g/mol. The minimum Gasteiger partial charge on any atom is -0.344 e. The SMILES string of the molecule is CC(C)[C@H](NC(=O)C12CC3CC(CC(C3)C1)C2)C(=O)N1CCN([C@@H](C#N)c2cccs2)CC1. The lowest BCUT2D eigenvalue weighted by molar-refractivity contribution is -0.151. The first kappa shape index (κ1) is 22.9. The number of rotatable bonds is 6. The molecule has 4 aliphatic carbocycles. The van der Waals surface area contributed by atoms with Crippen molar-refractivity contribution in [2.45, 2.75) is 64.5 Å². The van der Waals surface area contributed by atoms with Gasteiger partial charge in [0.15, 0.2) is 0 Å². The Labute approximate surface area is 201 Å². The highest BCUT2D eigenvalue weighted by Crippen LogP contribution is 2.60. The van der Waals surface area contributed by atoms with E-state index in [1.807, 2.05) is 36.3 Å². The van der Waals surface area contributed by atoms with E-state index in [1.54, 1.807) is 11.3 Å². The summed E-state index contributed by atoms with van der Waals surface area (Å²) in [5, 5.41) is 14.9. The molecule has 7 heteroatoms. The van der Waals surface area contributed by atoms with Gasteiger partial charge in [-0.25, -0.2) is 0 Å². The zero-order valence-corrected chi connectivity index (χ0v) is 20.7. The minimum absolute atomic E-state index is 0.0346. The van der Waals surface area contributed by atoms with Crippen LogP contribution in [0.15, 0.2) is 17.5 Å². The van der Waals surface area contributed by atoms with E-state index in [1.165, 1.54) is 19.3 Å². The summed E-state index contributed by atoms with van der Waals surface area (Å²) in [5.74, 6) is 2.34. The summed E-state index contributed by atoms with van der Waals surface area (Å²) in [4.78, 5) is 32.2. The fraction of sp³-hybridized carbons (Fsp3) is 0.731. The molecule has 1 aromatic rings. The lowest BCUT2D eigenvalue weighted by Crippen LogP contribution is -2.60. The number of hydrogen-bond acceptors (Lipinski definition) is 5. The topological polar surface area (TPSA) is 76.4 Å². The molecule has 1 aromatic heterocycles. The predicted octanol–water partition coefficient (Wildman–Crippen LogP) is 3.81. The molecule has 1 saturated heterocycles. The number of nitrogens with zero attached hydrogens (tertiary/aromatic N) is 3. The van der Waals surface area contributed by atoms with Crippen LogP contribution in [0.2, 0.25) is 0 Å². The molecular formula is C26H36N4O2S. The number of amides is 2. The molecule has 0 radical (unpaired) electrons. The van der Waals surface area contributed by atoms with Gasteiger partial charge in [-0.05, 0) is 73.6 Å². The molecule has 4 bridgehead atoms. The molecule has 0 unspecified atom stereocenters. The van der Waals surface area contributed by atoms with Crippen LogP contribution < -0.4 is 5.32 Å². The van der Waals surface area contributed by atoms with Gasteiger partial charge in [0.2, 0.25) is 11.8 Å². The van der Waals surface area contributed by atoms with Crippen LogP contribution in [-0.2, 0) is 9.59 Å². The lowest BCUT2D eigenvalue weighted by Gasteiger charge is -2.56. The minimum atomic E-state index is -0.471. The third-order valence-corrected chi connectivity index (χ3v) is 9.59. The monoisotopic (exact) mass is 468 g/mol. The van der Waals surface area contributed by atoms with Gasteiger partial charge in [-0.3, -0.25) is 14.5 Å². The molecule has 33 heavy (non-hydrogen) atoms. The van der Waals surface area contributed by atoms with E-state index in [0.29, 0.717) is 43.9 Å². The molecule has 0 aromatic carbocycles. The Morgan fingerprint density at radius 3 is 2.18 bits per heavy atom. The number of carbonyl (C=O) groups excluding carboxylic acids is 2. The van der Waals surface area contributed by atoms with E-state index >= 15 is 0 Å². The summed E-state index contributed by atoms with van der Waals surface area (Å²) in [6.45, 7) is 6.60. The fourth-order valence-corrected chi connectivity index (χ4v) is 8.17. The number of nitriles is 1. The molecule has 1 aliphatic heterocycles. The van der Waals surface area contributed by atoms with Crippen molar-refractivity contribution in [3.05, 3.63) is 22.4 Å². The largest absolute Gasteiger partial charge is 0.344 e. The second kappa shape index (κ2) is 9.03. The van der Waals surface area contributed by atoms with Gasteiger partial charge in [-0.1, -0.05) is 19.9 Å². The van der Waals surface area contributed by atoms with Crippen LogP contribution in [0.1, 0.15) is 63.3 Å². The Morgan fingerprint density at radius 2 is 1.70 bits per heavy atom. The molecule has 2 amide bonds. The van der Waals surface area contributed by atoms with Crippen molar-refractivity contribution >= 4 is 23.2 Å². The Hall–Kier alpha value is -1.91. The van der Waals surface area contributed by atoms with E-state index < -0.39 is 6.04 Å². The number of thiophene rings is 1. The third kappa shape index (κ3) is 4.33. The van der Waals surface area contributed by atoms with Crippen molar-refractivity contribution < 1.29 is 9.59 Å². The molecule has 4 saturated carbocycles. The first-order valence-electron chi connectivity index (χ1n) is 12.7. The third-order valence-electron chi connectivity index (χ3n) is 8.67. The summed E-state index contributed by atoms with van der Waals surface area (Å²) in [5.41, 5.74) is -0.235. The summed E-state index contributed by atoms with van der Waals surface area (Å²) in [7, 11) is 0. The second-order valence-electron chi connectivity index (χ2n) is 11.3. The van der Waals surface area contributed by atoms with Gasteiger partial charge in [-0.2, -0.15) is 5.26 Å². The molecule has 178 valence electrons. The van der Waals surface area contributed by atoms with Gasteiger partial charge in [0.05, 0.1) is 6.07 Å². The molecule has 2 heterocycles. The number of piperazine rings is 1. The maximum absolute atomic E-state index is 13.6. The lowest BCUT2D eigenvalue weighted by atomic mass is 9.49. The Bertz CT molecular complexity index is 878. The number of nitrogens with one attached hydrogen (secondary N) is 1. The van der Waals surface area contributed by atoms with Gasteiger partial charge in [0.25, 0.3) is 0 Å². The van der Waals surface area contributed by atoms with Crippen LogP contribution in [0.3, 0.4) is 0 Å². The van der Waals surface area contributed by atoms with E-state index in [9.17, 15) is 14.9 Å². The van der Waals surface area contributed by atoms with Crippen molar-refractivity contribution in [2.75, 3.05) is 26.2 Å². The van der Waals surface area contributed by atoms with Gasteiger partial charge >= 0.3 is 0 Å². The Balaban J connectivity index is 1.22. The molecule has 1 N–H and O–H groups in total. The predicted molar refractivity (Wildman–Crippen MR) is 128 cm³/mol. The Kier molecular flexibility index (Phi) is 6.26. The Morgan fingerprint density at radius 1 is 1.09 bits per heavy atom. The van der Waals surface area contributed by atoms with Crippen molar-refractivity contribution in [3.63, 3.8) is 0 Å². The summed E-state index contributed by atoms with van der Waals surface area (Å²) in [6.07, 6.45) is 6.96. The molecule has 5 aliphatic rings. The average Bonchev–Trinajstić information content (AvgIpc) is 3.31. The van der Waals surface area contributed by atoms with E-state index in [4.69, 9.17) is 0 Å². The van der Waals surface area contributed by atoms with Crippen LogP contribution in [0, 0.1) is 40.4 Å². The second-order valence-corrected chi connectivity index (χ2v) is 12.3. The molecule has 0 spiro atoms. The highest BCUT2D eigenvalue weighted by atomic mass is 32.1. The van der Waals surface area contributed by atoms with Crippen LogP contribution in [-0.4, -0.2) is 53.8 Å². The van der Waals surface area contributed by atoms with E-state index in [-0.39, 0.29) is 29.2 Å². The first-order chi connectivity index (χ1) is 15.9.